The van der Waals surface area contributed by atoms with E-state index in [9.17, 15) is 4.79 Å². The molecule has 2 N–H and O–H groups in total. The van der Waals surface area contributed by atoms with E-state index >= 15 is 0 Å². The molecule has 0 heterocycles. The van der Waals surface area contributed by atoms with E-state index < -0.39 is 0 Å². The molecule has 0 spiro atoms. The lowest BCUT2D eigenvalue weighted by Crippen LogP contribution is -2.30. The molecule has 26 heavy (non-hydrogen) atoms. The number of halogens is 3. The molecule has 0 atom stereocenters. The molecule has 140 valence electrons. The second-order valence-corrected chi connectivity index (χ2v) is 8.73. The van der Waals surface area contributed by atoms with Crippen LogP contribution in [0.5, 0.6) is 5.75 Å². The van der Waals surface area contributed by atoms with Gasteiger partial charge in [-0.25, -0.2) is 4.79 Å². The highest BCUT2D eigenvalue weighted by atomic mass is 79.9. The summed E-state index contributed by atoms with van der Waals surface area (Å²) in [5.41, 5.74) is 2.94. The van der Waals surface area contributed by atoms with Gasteiger partial charge in [-0.15, -0.1) is 0 Å². The molecule has 7 heteroatoms. The van der Waals surface area contributed by atoms with E-state index in [0.717, 1.165) is 24.7 Å². The molecule has 0 aliphatic carbocycles. The second kappa shape index (κ2) is 9.76. The van der Waals surface area contributed by atoms with Crippen molar-refractivity contribution in [1.29, 1.82) is 0 Å². The molecular weight excluding hydrogens is 528 g/mol. The van der Waals surface area contributed by atoms with Gasteiger partial charge in [-0.3, -0.25) is 0 Å². The third-order valence-electron chi connectivity index (χ3n) is 3.89. The number of amides is 2. The minimum absolute atomic E-state index is 0.252. The topological polar surface area (TPSA) is 50.4 Å². The molecule has 2 amide bonds. The van der Waals surface area contributed by atoms with Gasteiger partial charge >= 0.3 is 6.03 Å². The number of nitrogens with one attached hydrogen (secondary N) is 2. The average Bonchev–Trinajstić information content (AvgIpc) is 2.58. The lowest BCUT2D eigenvalue weighted by atomic mass is 10.0. The Labute approximate surface area is 179 Å². The smallest absolute Gasteiger partial charge is 0.319 e. The maximum absolute atomic E-state index is 12.2. The van der Waals surface area contributed by atoms with Gasteiger partial charge in [0.15, 0.2) is 0 Å². The zero-order valence-electron chi connectivity index (χ0n) is 14.8. The van der Waals surface area contributed by atoms with Crippen LogP contribution in [0.25, 0.3) is 0 Å². The number of urea groups is 1. The third kappa shape index (κ3) is 5.72. The summed E-state index contributed by atoms with van der Waals surface area (Å²) in [7, 11) is 1.64. The molecular formula is C19H21Br3N2O2. The molecule has 0 aliphatic rings. The van der Waals surface area contributed by atoms with Crippen LogP contribution in [0.1, 0.15) is 30.9 Å². The van der Waals surface area contributed by atoms with E-state index in [1.807, 2.05) is 30.3 Å². The minimum atomic E-state index is -0.252. The summed E-state index contributed by atoms with van der Waals surface area (Å²) >= 11 is 10.5. The van der Waals surface area contributed by atoms with E-state index in [-0.39, 0.29) is 6.03 Å². The average molecular weight is 549 g/mol. The fourth-order valence-corrected chi connectivity index (χ4v) is 4.29. The van der Waals surface area contributed by atoms with Crippen LogP contribution >= 0.6 is 47.8 Å². The molecule has 4 nitrogen and oxygen atoms in total. The Morgan fingerprint density at radius 1 is 1.12 bits per heavy atom. The number of carbonyl (C=O) groups excluding carboxylic acids is 1. The van der Waals surface area contributed by atoms with E-state index in [0.29, 0.717) is 24.6 Å². The molecule has 0 aromatic heterocycles. The zero-order chi connectivity index (χ0) is 19.3. The Morgan fingerprint density at radius 3 is 2.35 bits per heavy atom. The van der Waals surface area contributed by atoms with Crippen molar-refractivity contribution in [3.63, 3.8) is 0 Å². The predicted molar refractivity (Wildman–Crippen MR) is 117 cm³/mol. The van der Waals surface area contributed by atoms with Gasteiger partial charge in [0.1, 0.15) is 5.75 Å². The first-order valence-electron chi connectivity index (χ1n) is 8.18. The van der Waals surface area contributed by atoms with E-state index in [1.54, 1.807) is 7.11 Å². The molecule has 0 bridgehead atoms. The summed E-state index contributed by atoms with van der Waals surface area (Å²) in [6.07, 6.45) is 0.671. The second-order valence-electron chi connectivity index (χ2n) is 6.10. The number of carbonyl (C=O) groups is 1. The zero-order valence-corrected chi connectivity index (χ0v) is 19.6. The highest BCUT2D eigenvalue weighted by Crippen LogP contribution is 2.34. The van der Waals surface area contributed by atoms with Crippen LogP contribution < -0.4 is 15.4 Å². The van der Waals surface area contributed by atoms with Crippen LogP contribution in [0.15, 0.2) is 43.7 Å². The first-order valence-corrected chi connectivity index (χ1v) is 10.6. The van der Waals surface area contributed by atoms with Crippen molar-refractivity contribution < 1.29 is 9.53 Å². The summed E-state index contributed by atoms with van der Waals surface area (Å²) < 4.78 is 8.03. The van der Waals surface area contributed by atoms with Crippen molar-refractivity contribution in [2.24, 2.45) is 0 Å². The molecule has 0 fully saturated rings. The molecule has 0 aliphatic heterocycles. The largest absolute Gasteiger partial charge is 0.496 e. The van der Waals surface area contributed by atoms with Gasteiger partial charge in [-0.1, -0.05) is 29.8 Å². The number of ether oxygens (including phenoxy) is 1. The van der Waals surface area contributed by atoms with Crippen molar-refractivity contribution in [3.05, 3.63) is 54.9 Å². The molecule has 0 saturated heterocycles. The number of benzene rings is 2. The van der Waals surface area contributed by atoms with Gasteiger partial charge in [-0.05, 0) is 85.7 Å². The molecule has 0 unspecified atom stereocenters. The van der Waals surface area contributed by atoms with Gasteiger partial charge in [0.25, 0.3) is 0 Å². The van der Waals surface area contributed by atoms with Gasteiger partial charge in [0.05, 0.1) is 12.8 Å². The lowest BCUT2D eigenvalue weighted by Gasteiger charge is -2.14. The van der Waals surface area contributed by atoms with Crippen LogP contribution in [0.4, 0.5) is 10.5 Å². The number of hydrogen-bond acceptors (Lipinski definition) is 2. The van der Waals surface area contributed by atoms with E-state index in [4.69, 9.17) is 4.74 Å². The Balaban J connectivity index is 1.97. The standard InChI is InChI=1S/C19H21Br3N2O2/c1-11(2)13-9-15(21)18(16(22)10-13)24-19(25)23-7-6-12-8-14(20)4-5-17(12)26-3/h4-5,8-11H,6-7H2,1-3H3,(H2,23,24,25). The van der Waals surface area contributed by atoms with Crippen LogP contribution in [-0.2, 0) is 6.42 Å². The molecule has 0 radical (unpaired) electrons. The lowest BCUT2D eigenvalue weighted by molar-refractivity contribution is 0.252. The van der Waals surface area contributed by atoms with Crippen molar-refractivity contribution in [3.8, 4) is 5.75 Å². The first-order chi connectivity index (χ1) is 12.3. The Kier molecular flexibility index (Phi) is 7.98. The molecule has 2 rings (SSSR count). The van der Waals surface area contributed by atoms with Crippen LogP contribution in [0, 0.1) is 0 Å². The van der Waals surface area contributed by atoms with Gasteiger partial charge in [0, 0.05) is 20.0 Å². The third-order valence-corrected chi connectivity index (χ3v) is 5.64. The summed E-state index contributed by atoms with van der Waals surface area (Å²) in [5.74, 6) is 1.22. The Morgan fingerprint density at radius 2 is 1.77 bits per heavy atom. The number of methoxy groups -OCH3 is 1. The minimum Gasteiger partial charge on any atom is -0.496 e. The van der Waals surface area contributed by atoms with E-state index in [1.165, 1.54) is 5.56 Å². The summed E-state index contributed by atoms with van der Waals surface area (Å²) in [6.45, 7) is 4.76. The molecule has 0 saturated carbocycles. The van der Waals surface area contributed by atoms with Crippen molar-refractivity contribution in [2.75, 3.05) is 19.0 Å². The number of anilines is 1. The Bertz CT molecular complexity index is 771. The Hall–Kier alpha value is -1.05. The summed E-state index contributed by atoms with van der Waals surface area (Å²) in [4.78, 5) is 12.2. The monoisotopic (exact) mass is 546 g/mol. The van der Waals surface area contributed by atoms with Gasteiger partial charge < -0.3 is 15.4 Å². The van der Waals surface area contributed by atoms with Crippen molar-refractivity contribution in [1.82, 2.24) is 5.32 Å². The number of rotatable bonds is 6. The van der Waals surface area contributed by atoms with Crippen LogP contribution in [-0.4, -0.2) is 19.7 Å². The van der Waals surface area contributed by atoms with E-state index in [2.05, 4.69) is 72.3 Å². The maximum Gasteiger partial charge on any atom is 0.319 e. The van der Waals surface area contributed by atoms with Crippen LogP contribution in [0.2, 0.25) is 0 Å². The summed E-state index contributed by atoms with van der Waals surface area (Å²) in [5, 5.41) is 5.77. The van der Waals surface area contributed by atoms with Gasteiger partial charge in [-0.2, -0.15) is 0 Å². The fourth-order valence-electron chi connectivity index (χ4n) is 2.46. The normalized spacial score (nSPS) is 10.7. The summed E-state index contributed by atoms with van der Waals surface area (Å²) in [6, 6.07) is 9.63. The maximum atomic E-state index is 12.2. The fraction of sp³-hybridized carbons (Fsp3) is 0.316. The van der Waals surface area contributed by atoms with Crippen molar-refractivity contribution >= 4 is 59.5 Å². The number of hydrogen-bond donors (Lipinski definition) is 2. The predicted octanol–water partition coefficient (Wildman–Crippen LogP) is 6.47. The molecule has 2 aromatic rings. The highest BCUT2D eigenvalue weighted by Gasteiger charge is 2.12. The SMILES string of the molecule is COc1ccc(Br)cc1CCNC(=O)Nc1c(Br)cc(C(C)C)cc1Br. The van der Waals surface area contributed by atoms with Crippen molar-refractivity contribution in [2.45, 2.75) is 26.2 Å². The highest BCUT2D eigenvalue weighted by molar-refractivity contribution is 9.11. The molecule has 2 aromatic carbocycles. The first kappa shape index (κ1) is 21.3. The quantitative estimate of drug-likeness (QED) is 0.434. The van der Waals surface area contributed by atoms with Crippen LogP contribution in [0.3, 0.4) is 0 Å². The van der Waals surface area contributed by atoms with Gasteiger partial charge in [0.2, 0.25) is 0 Å².